The van der Waals surface area contributed by atoms with Crippen molar-refractivity contribution < 1.29 is 4.79 Å². The number of amides is 1. The van der Waals surface area contributed by atoms with Gasteiger partial charge in [-0.15, -0.1) is 0 Å². The lowest BCUT2D eigenvalue weighted by Gasteiger charge is -2.07. The van der Waals surface area contributed by atoms with Crippen molar-refractivity contribution in [2.45, 2.75) is 6.92 Å². The fraction of sp³-hybridized carbons (Fsp3) is 0.125. The van der Waals surface area contributed by atoms with Gasteiger partial charge in [0.2, 0.25) is 0 Å². The van der Waals surface area contributed by atoms with Crippen molar-refractivity contribution in [2.75, 3.05) is 5.32 Å². The van der Waals surface area contributed by atoms with Crippen LogP contribution in [0.2, 0.25) is 0 Å². The average Bonchev–Trinajstić information content (AvgIpc) is 2.78. The molecule has 0 aliphatic heterocycles. The summed E-state index contributed by atoms with van der Waals surface area (Å²) in [6, 6.07) is 13.3. The molecule has 0 atom stereocenters. The molecule has 0 radical (unpaired) electrons. The molecule has 0 fully saturated rings. The highest BCUT2D eigenvalue weighted by atomic mass is 16.1. The van der Waals surface area contributed by atoms with E-state index >= 15 is 0 Å². The quantitative estimate of drug-likeness (QED) is 0.773. The highest BCUT2D eigenvalue weighted by Crippen LogP contribution is 2.18. The van der Waals surface area contributed by atoms with Gasteiger partial charge in [0.25, 0.3) is 5.91 Å². The van der Waals surface area contributed by atoms with E-state index in [1.54, 1.807) is 4.68 Å². The van der Waals surface area contributed by atoms with Crippen molar-refractivity contribution >= 4 is 22.5 Å². The maximum atomic E-state index is 12.2. The summed E-state index contributed by atoms with van der Waals surface area (Å²) in [4.78, 5) is 12.2. The molecule has 1 amide bonds. The highest BCUT2D eigenvalue weighted by Gasteiger charge is 2.09. The highest BCUT2D eigenvalue weighted by molar-refractivity contribution is 6.05. The number of aryl methyl sites for hydroxylation is 2. The van der Waals surface area contributed by atoms with E-state index in [2.05, 4.69) is 10.4 Å². The Hall–Kier alpha value is -2.62. The van der Waals surface area contributed by atoms with Crippen LogP contribution in [-0.4, -0.2) is 15.7 Å². The zero-order chi connectivity index (χ0) is 14.1. The molecule has 1 N–H and O–H groups in total. The lowest BCUT2D eigenvalue weighted by Crippen LogP contribution is -2.13. The number of carbonyl (C=O) groups excluding carboxylic acids is 1. The zero-order valence-electron chi connectivity index (χ0n) is 11.4. The van der Waals surface area contributed by atoms with Crippen LogP contribution in [0, 0.1) is 6.92 Å². The van der Waals surface area contributed by atoms with Crippen LogP contribution in [0.1, 0.15) is 15.9 Å². The summed E-state index contributed by atoms with van der Waals surface area (Å²) in [6.45, 7) is 1.93. The third-order valence-electron chi connectivity index (χ3n) is 3.27. The maximum Gasteiger partial charge on any atom is 0.255 e. The summed E-state index contributed by atoms with van der Waals surface area (Å²) < 4.78 is 1.76. The predicted molar refractivity (Wildman–Crippen MR) is 79.8 cm³/mol. The number of anilines is 1. The molecule has 4 nitrogen and oxygen atoms in total. The molecule has 20 heavy (non-hydrogen) atoms. The second-order valence-electron chi connectivity index (χ2n) is 4.85. The van der Waals surface area contributed by atoms with Gasteiger partial charge in [0.1, 0.15) is 0 Å². The summed E-state index contributed by atoms with van der Waals surface area (Å²) in [6.07, 6.45) is 1.95. The Morgan fingerprint density at radius 1 is 1.20 bits per heavy atom. The maximum absolute atomic E-state index is 12.2. The van der Waals surface area contributed by atoms with E-state index in [4.69, 9.17) is 0 Å². The molecule has 0 saturated heterocycles. The first-order valence-corrected chi connectivity index (χ1v) is 6.44. The molecule has 3 rings (SSSR count). The van der Waals surface area contributed by atoms with E-state index in [0.717, 1.165) is 22.2 Å². The van der Waals surface area contributed by atoms with E-state index in [9.17, 15) is 4.79 Å². The average molecular weight is 265 g/mol. The first kappa shape index (κ1) is 12.4. The second kappa shape index (κ2) is 4.81. The minimum Gasteiger partial charge on any atom is -0.322 e. The molecule has 0 bridgehead atoms. The van der Waals surface area contributed by atoms with Crippen LogP contribution in [0.4, 0.5) is 5.69 Å². The van der Waals surface area contributed by atoms with Gasteiger partial charge in [-0.1, -0.05) is 18.2 Å². The molecule has 4 heteroatoms. The van der Waals surface area contributed by atoms with Gasteiger partial charge in [0.05, 0.1) is 5.52 Å². The van der Waals surface area contributed by atoms with E-state index < -0.39 is 0 Å². The van der Waals surface area contributed by atoms with Crippen molar-refractivity contribution in [3.05, 3.63) is 59.8 Å². The third kappa shape index (κ3) is 2.28. The Kier molecular flexibility index (Phi) is 2.99. The fourth-order valence-corrected chi connectivity index (χ4v) is 2.24. The van der Waals surface area contributed by atoms with E-state index in [1.165, 1.54) is 0 Å². The number of nitrogens with one attached hydrogen (secondary N) is 1. The molecule has 0 aliphatic rings. The first-order valence-electron chi connectivity index (χ1n) is 6.44. The summed E-state index contributed by atoms with van der Waals surface area (Å²) in [7, 11) is 1.88. The predicted octanol–water partition coefficient (Wildman–Crippen LogP) is 3.13. The number of nitrogens with zero attached hydrogens (tertiary/aromatic N) is 2. The normalized spacial score (nSPS) is 10.7. The van der Waals surface area contributed by atoms with Crippen molar-refractivity contribution in [1.29, 1.82) is 0 Å². The monoisotopic (exact) mass is 265 g/mol. The number of rotatable bonds is 2. The van der Waals surface area contributed by atoms with Crippen LogP contribution in [0.3, 0.4) is 0 Å². The van der Waals surface area contributed by atoms with Crippen LogP contribution in [0.15, 0.2) is 48.7 Å². The summed E-state index contributed by atoms with van der Waals surface area (Å²) in [5, 5.41) is 8.31. The molecule has 100 valence electrons. The first-order chi connectivity index (χ1) is 9.63. The molecular formula is C16H15N3O. The van der Waals surface area contributed by atoms with Gasteiger partial charge < -0.3 is 5.32 Å². The van der Waals surface area contributed by atoms with Crippen molar-refractivity contribution in [3.63, 3.8) is 0 Å². The fourth-order valence-electron chi connectivity index (χ4n) is 2.24. The Morgan fingerprint density at radius 2 is 2.00 bits per heavy atom. The van der Waals surface area contributed by atoms with Gasteiger partial charge in [0.15, 0.2) is 0 Å². The SMILES string of the molecule is Cc1ccccc1C(=O)Nc1ccc2cn(C)nc2c1. The largest absolute Gasteiger partial charge is 0.322 e. The van der Waals surface area contributed by atoms with Crippen molar-refractivity contribution in [2.24, 2.45) is 7.05 Å². The van der Waals surface area contributed by atoms with Crippen LogP contribution in [-0.2, 0) is 7.05 Å². The molecule has 3 aromatic rings. The van der Waals surface area contributed by atoms with Crippen molar-refractivity contribution in [1.82, 2.24) is 9.78 Å². The number of aromatic nitrogens is 2. The number of hydrogen-bond acceptors (Lipinski definition) is 2. The lowest BCUT2D eigenvalue weighted by atomic mass is 10.1. The van der Waals surface area contributed by atoms with Gasteiger partial charge in [-0.05, 0) is 36.8 Å². The van der Waals surface area contributed by atoms with Gasteiger partial charge in [-0.25, -0.2) is 0 Å². The van der Waals surface area contributed by atoms with Gasteiger partial charge in [-0.2, -0.15) is 5.10 Å². The Balaban J connectivity index is 1.89. The molecule has 0 aliphatic carbocycles. The van der Waals surface area contributed by atoms with E-state index in [0.29, 0.717) is 5.56 Å². The number of benzene rings is 2. The molecular weight excluding hydrogens is 250 g/mol. The van der Waals surface area contributed by atoms with Crippen LogP contribution >= 0.6 is 0 Å². The van der Waals surface area contributed by atoms with Crippen LogP contribution < -0.4 is 5.32 Å². The topological polar surface area (TPSA) is 46.9 Å². The molecule has 0 saturated carbocycles. The van der Waals surface area contributed by atoms with Crippen molar-refractivity contribution in [3.8, 4) is 0 Å². The summed E-state index contributed by atoms with van der Waals surface area (Å²) in [5.41, 5.74) is 3.28. The van der Waals surface area contributed by atoms with Gasteiger partial charge in [0, 0.05) is 29.9 Å². The molecule has 2 aromatic carbocycles. The van der Waals surface area contributed by atoms with Crippen LogP contribution in [0.5, 0.6) is 0 Å². The Morgan fingerprint density at radius 3 is 2.80 bits per heavy atom. The number of hydrogen-bond donors (Lipinski definition) is 1. The molecule has 0 spiro atoms. The minimum atomic E-state index is -0.0987. The standard InChI is InChI=1S/C16H15N3O/c1-11-5-3-4-6-14(11)16(20)17-13-8-7-12-10-19(2)18-15(12)9-13/h3-10H,1-2H3,(H,17,20). The minimum absolute atomic E-state index is 0.0987. The number of fused-ring (bicyclic) bond motifs is 1. The summed E-state index contributed by atoms with van der Waals surface area (Å²) >= 11 is 0. The van der Waals surface area contributed by atoms with Gasteiger partial charge in [-0.3, -0.25) is 9.48 Å². The molecule has 0 unspecified atom stereocenters. The van der Waals surface area contributed by atoms with Crippen LogP contribution in [0.25, 0.3) is 10.9 Å². The van der Waals surface area contributed by atoms with E-state index in [-0.39, 0.29) is 5.91 Å². The molecule has 1 heterocycles. The lowest BCUT2D eigenvalue weighted by molar-refractivity contribution is 0.102. The van der Waals surface area contributed by atoms with E-state index in [1.807, 2.05) is 62.6 Å². The Bertz CT molecular complexity index is 789. The second-order valence-corrected chi connectivity index (χ2v) is 4.85. The third-order valence-corrected chi connectivity index (χ3v) is 3.27. The zero-order valence-corrected chi connectivity index (χ0v) is 11.4. The van der Waals surface area contributed by atoms with Gasteiger partial charge >= 0.3 is 0 Å². The Labute approximate surface area is 117 Å². The molecule has 1 aromatic heterocycles. The smallest absolute Gasteiger partial charge is 0.255 e. The summed E-state index contributed by atoms with van der Waals surface area (Å²) in [5.74, 6) is -0.0987. The number of carbonyl (C=O) groups is 1.